The molecule has 0 unspecified atom stereocenters. The van der Waals surface area contributed by atoms with Gasteiger partial charge in [-0.05, 0) is 29.8 Å². The van der Waals surface area contributed by atoms with E-state index in [1.165, 1.54) is 6.26 Å². The standard InChI is InChI=1S/C22H22N4O3/c27-21(24-15-17-5-2-1-3-6-17)19-9-8-18(16-23-19)25-10-12-26(13-11-25)22(28)20-7-4-14-29-20/h1-9,14,16H,10-13,15H2,(H,24,27). The minimum absolute atomic E-state index is 0.0850. The first-order valence-corrected chi connectivity index (χ1v) is 9.56. The predicted octanol–water partition coefficient (Wildman–Crippen LogP) is 2.57. The molecular formula is C22H22N4O3. The Labute approximate surface area is 169 Å². The Morgan fingerprint density at radius 3 is 2.41 bits per heavy atom. The lowest BCUT2D eigenvalue weighted by Crippen LogP contribution is -2.48. The van der Waals surface area contributed by atoms with E-state index in [1.807, 2.05) is 36.4 Å². The number of amides is 2. The van der Waals surface area contributed by atoms with Gasteiger partial charge in [0.2, 0.25) is 0 Å². The topological polar surface area (TPSA) is 78.7 Å². The van der Waals surface area contributed by atoms with Crippen molar-refractivity contribution in [1.29, 1.82) is 0 Å². The molecule has 3 aromatic rings. The number of nitrogens with zero attached hydrogens (tertiary/aromatic N) is 3. The molecular weight excluding hydrogens is 368 g/mol. The second-order valence-corrected chi connectivity index (χ2v) is 6.83. The average molecular weight is 390 g/mol. The van der Waals surface area contributed by atoms with Gasteiger partial charge in [-0.2, -0.15) is 0 Å². The number of nitrogens with one attached hydrogen (secondary N) is 1. The number of rotatable bonds is 5. The molecule has 2 amide bonds. The van der Waals surface area contributed by atoms with Crippen molar-refractivity contribution in [3.63, 3.8) is 0 Å². The summed E-state index contributed by atoms with van der Waals surface area (Å²) in [5.41, 5.74) is 2.37. The molecule has 3 heterocycles. The molecule has 7 nitrogen and oxygen atoms in total. The molecule has 29 heavy (non-hydrogen) atoms. The summed E-state index contributed by atoms with van der Waals surface area (Å²) in [4.78, 5) is 32.9. The number of hydrogen-bond donors (Lipinski definition) is 1. The van der Waals surface area contributed by atoms with Gasteiger partial charge in [0, 0.05) is 32.7 Å². The van der Waals surface area contributed by atoms with Gasteiger partial charge in [0.25, 0.3) is 11.8 Å². The van der Waals surface area contributed by atoms with E-state index in [2.05, 4.69) is 15.2 Å². The van der Waals surface area contributed by atoms with Crippen LogP contribution >= 0.6 is 0 Å². The van der Waals surface area contributed by atoms with Gasteiger partial charge in [0.1, 0.15) is 5.69 Å². The van der Waals surface area contributed by atoms with Crippen molar-refractivity contribution < 1.29 is 14.0 Å². The van der Waals surface area contributed by atoms with Crippen molar-refractivity contribution in [1.82, 2.24) is 15.2 Å². The summed E-state index contributed by atoms with van der Waals surface area (Å²) in [6.45, 7) is 3.09. The molecule has 0 atom stereocenters. The lowest BCUT2D eigenvalue weighted by Gasteiger charge is -2.35. The summed E-state index contributed by atoms with van der Waals surface area (Å²) in [5, 5.41) is 2.88. The van der Waals surface area contributed by atoms with Crippen LogP contribution < -0.4 is 10.2 Å². The Morgan fingerprint density at radius 2 is 1.76 bits per heavy atom. The van der Waals surface area contributed by atoms with Crippen LogP contribution in [0.25, 0.3) is 0 Å². The van der Waals surface area contributed by atoms with Crippen molar-refractivity contribution in [2.75, 3.05) is 31.1 Å². The van der Waals surface area contributed by atoms with Crippen LogP contribution in [0.5, 0.6) is 0 Å². The maximum absolute atomic E-state index is 12.3. The summed E-state index contributed by atoms with van der Waals surface area (Å²) in [6, 6.07) is 16.8. The third kappa shape index (κ3) is 4.45. The van der Waals surface area contributed by atoms with Crippen LogP contribution in [0.15, 0.2) is 71.5 Å². The monoisotopic (exact) mass is 390 g/mol. The fourth-order valence-electron chi connectivity index (χ4n) is 3.30. The minimum Gasteiger partial charge on any atom is -0.459 e. The second kappa shape index (κ2) is 8.60. The fourth-order valence-corrected chi connectivity index (χ4v) is 3.30. The highest BCUT2D eigenvalue weighted by Gasteiger charge is 2.24. The average Bonchev–Trinajstić information content (AvgIpc) is 3.33. The van der Waals surface area contributed by atoms with Gasteiger partial charge in [-0.3, -0.25) is 9.59 Å². The zero-order valence-corrected chi connectivity index (χ0v) is 16.0. The van der Waals surface area contributed by atoms with Gasteiger partial charge in [-0.1, -0.05) is 30.3 Å². The highest BCUT2D eigenvalue weighted by atomic mass is 16.3. The molecule has 4 rings (SSSR count). The molecule has 0 spiro atoms. The molecule has 2 aromatic heterocycles. The van der Waals surface area contributed by atoms with Gasteiger partial charge in [0.15, 0.2) is 5.76 Å². The van der Waals surface area contributed by atoms with Gasteiger partial charge in [-0.25, -0.2) is 4.98 Å². The van der Waals surface area contributed by atoms with Crippen LogP contribution in [0.2, 0.25) is 0 Å². The summed E-state index contributed by atoms with van der Waals surface area (Å²) >= 11 is 0. The van der Waals surface area contributed by atoms with Gasteiger partial charge in [0.05, 0.1) is 18.1 Å². The smallest absolute Gasteiger partial charge is 0.289 e. The highest BCUT2D eigenvalue weighted by Crippen LogP contribution is 2.17. The molecule has 0 saturated carbocycles. The summed E-state index contributed by atoms with van der Waals surface area (Å²) in [5.74, 6) is 0.0819. The quantitative estimate of drug-likeness (QED) is 0.724. The van der Waals surface area contributed by atoms with E-state index in [4.69, 9.17) is 4.42 Å². The van der Waals surface area contributed by atoms with E-state index in [-0.39, 0.29) is 11.8 Å². The molecule has 1 fully saturated rings. The number of carbonyl (C=O) groups is 2. The van der Waals surface area contributed by atoms with E-state index in [0.717, 1.165) is 11.3 Å². The Kier molecular flexibility index (Phi) is 5.56. The Morgan fingerprint density at radius 1 is 0.966 bits per heavy atom. The van der Waals surface area contributed by atoms with Crippen LogP contribution in [-0.2, 0) is 6.54 Å². The molecule has 1 N–H and O–H groups in total. The number of hydrogen-bond acceptors (Lipinski definition) is 5. The van der Waals surface area contributed by atoms with Crippen LogP contribution in [-0.4, -0.2) is 47.9 Å². The van der Waals surface area contributed by atoms with Crippen molar-refractivity contribution in [2.45, 2.75) is 6.54 Å². The predicted molar refractivity (Wildman–Crippen MR) is 109 cm³/mol. The van der Waals surface area contributed by atoms with Crippen LogP contribution in [0.3, 0.4) is 0 Å². The summed E-state index contributed by atoms with van der Waals surface area (Å²) < 4.78 is 5.19. The summed E-state index contributed by atoms with van der Waals surface area (Å²) in [7, 11) is 0. The molecule has 7 heteroatoms. The molecule has 1 saturated heterocycles. The Hall–Kier alpha value is -3.61. The number of carbonyl (C=O) groups excluding carboxylic acids is 2. The number of anilines is 1. The number of pyridine rings is 1. The van der Waals surface area contributed by atoms with Crippen molar-refractivity contribution in [3.8, 4) is 0 Å². The molecule has 0 aliphatic carbocycles. The summed E-state index contributed by atoms with van der Waals surface area (Å²) in [6.07, 6.45) is 3.22. The number of aromatic nitrogens is 1. The van der Waals surface area contributed by atoms with E-state index in [9.17, 15) is 9.59 Å². The van der Waals surface area contributed by atoms with Crippen molar-refractivity contribution in [3.05, 3.63) is 84.1 Å². The molecule has 148 valence electrons. The first-order chi connectivity index (χ1) is 14.2. The zero-order valence-electron chi connectivity index (χ0n) is 16.0. The number of furan rings is 1. The Balaban J connectivity index is 1.30. The van der Waals surface area contributed by atoms with Gasteiger partial charge >= 0.3 is 0 Å². The first-order valence-electron chi connectivity index (χ1n) is 9.56. The molecule has 1 aliphatic heterocycles. The third-order valence-electron chi connectivity index (χ3n) is 4.94. The number of piperazine rings is 1. The van der Waals surface area contributed by atoms with Crippen LogP contribution in [0, 0.1) is 0 Å². The number of benzene rings is 1. The van der Waals surface area contributed by atoms with E-state index < -0.39 is 0 Å². The van der Waals surface area contributed by atoms with E-state index >= 15 is 0 Å². The normalized spacial score (nSPS) is 13.9. The fraction of sp³-hybridized carbons (Fsp3) is 0.227. The molecule has 1 aromatic carbocycles. The molecule has 1 aliphatic rings. The Bertz CT molecular complexity index is 947. The SMILES string of the molecule is O=C(NCc1ccccc1)c1ccc(N2CCN(C(=O)c3ccco3)CC2)cn1. The largest absolute Gasteiger partial charge is 0.459 e. The van der Waals surface area contributed by atoms with E-state index in [1.54, 1.807) is 29.3 Å². The van der Waals surface area contributed by atoms with Crippen LogP contribution in [0.4, 0.5) is 5.69 Å². The lowest BCUT2D eigenvalue weighted by atomic mass is 10.2. The molecule has 0 bridgehead atoms. The first kappa shape index (κ1) is 18.7. The third-order valence-corrected chi connectivity index (χ3v) is 4.94. The highest BCUT2D eigenvalue weighted by molar-refractivity contribution is 5.92. The second-order valence-electron chi connectivity index (χ2n) is 6.83. The molecule has 0 radical (unpaired) electrons. The maximum Gasteiger partial charge on any atom is 0.289 e. The zero-order chi connectivity index (χ0) is 20.1. The lowest BCUT2D eigenvalue weighted by molar-refractivity contribution is 0.0714. The minimum atomic E-state index is -0.200. The van der Waals surface area contributed by atoms with Gasteiger partial charge < -0.3 is 19.5 Å². The van der Waals surface area contributed by atoms with Crippen molar-refractivity contribution in [2.24, 2.45) is 0 Å². The van der Waals surface area contributed by atoms with E-state index in [0.29, 0.717) is 44.2 Å². The van der Waals surface area contributed by atoms with Crippen molar-refractivity contribution >= 4 is 17.5 Å². The maximum atomic E-state index is 12.3. The van der Waals surface area contributed by atoms with Gasteiger partial charge in [-0.15, -0.1) is 0 Å². The van der Waals surface area contributed by atoms with Crippen LogP contribution in [0.1, 0.15) is 26.6 Å².